The number of benzene rings is 8. The molecule has 0 fully saturated rings. The van der Waals surface area contributed by atoms with Gasteiger partial charge in [-0.3, -0.25) is 0 Å². The standard InChI is InChI=1S/C48H30N4/c1-4-14-31(15-5-1)47-41-28-36(24-25-42(41)49-48(50-47)32-16-6-2-7-17-32)52-43-23-13-12-22-37(43)39-29-40-38-26-33-18-10-11-19-34(33)27-44(38)51(46(40)30-45(39)52)35-20-8-3-9-21-35/h1-30H. The Bertz CT molecular complexity index is 3160. The van der Waals surface area contributed by atoms with E-state index < -0.39 is 0 Å². The van der Waals surface area contributed by atoms with Gasteiger partial charge in [-0.05, 0) is 71.4 Å². The van der Waals surface area contributed by atoms with Crippen LogP contribution in [0.2, 0.25) is 0 Å². The molecule has 0 N–H and O–H groups in total. The monoisotopic (exact) mass is 662 g/mol. The van der Waals surface area contributed by atoms with Crippen LogP contribution in [-0.4, -0.2) is 19.1 Å². The van der Waals surface area contributed by atoms with E-state index in [1.165, 1.54) is 43.4 Å². The molecule has 0 aliphatic rings. The van der Waals surface area contributed by atoms with Gasteiger partial charge in [0.25, 0.3) is 0 Å². The third-order valence-corrected chi connectivity index (χ3v) is 10.5. The molecule has 0 atom stereocenters. The largest absolute Gasteiger partial charge is 0.309 e. The number of hydrogen-bond donors (Lipinski definition) is 0. The number of rotatable bonds is 4. The van der Waals surface area contributed by atoms with E-state index in [2.05, 4.69) is 167 Å². The van der Waals surface area contributed by atoms with Crippen molar-refractivity contribution in [3.63, 3.8) is 0 Å². The number of fused-ring (bicyclic) bond motifs is 8. The maximum Gasteiger partial charge on any atom is 0.160 e. The van der Waals surface area contributed by atoms with Crippen LogP contribution < -0.4 is 0 Å². The van der Waals surface area contributed by atoms with Gasteiger partial charge >= 0.3 is 0 Å². The maximum atomic E-state index is 5.20. The van der Waals surface area contributed by atoms with Gasteiger partial charge in [-0.1, -0.05) is 121 Å². The van der Waals surface area contributed by atoms with E-state index in [4.69, 9.17) is 9.97 Å². The quantitative estimate of drug-likeness (QED) is 0.188. The van der Waals surface area contributed by atoms with Crippen LogP contribution in [0.15, 0.2) is 182 Å². The first-order chi connectivity index (χ1) is 25.8. The molecule has 242 valence electrons. The first-order valence-electron chi connectivity index (χ1n) is 17.7. The van der Waals surface area contributed by atoms with Crippen LogP contribution in [-0.2, 0) is 0 Å². The van der Waals surface area contributed by atoms with Gasteiger partial charge in [0.1, 0.15) is 0 Å². The third kappa shape index (κ3) is 4.34. The summed E-state index contributed by atoms with van der Waals surface area (Å²) in [6.45, 7) is 0. The van der Waals surface area contributed by atoms with Crippen LogP contribution >= 0.6 is 0 Å². The summed E-state index contributed by atoms with van der Waals surface area (Å²) < 4.78 is 4.83. The lowest BCUT2D eigenvalue weighted by atomic mass is 10.0. The zero-order chi connectivity index (χ0) is 34.2. The lowest BCUT2D eigenvalue weighted by Gasteiger charge is -2.13. The lowest BCUT2D eigenvalue weighted by molar-refractivity contribution is 1.16. The number of para-hydroxylation sites is 2. The summed E-state index contributed by atoms with van der Waals surface area (Å²) in [7, 11) is 0. The van der Waals surface area contributed by atoms with Crippen LogP contribution in [0.1, 0.15) is 0 Å². The molecule has 0 bridgehead atoms. The Morgan fingerprint density at radius 2 is 0.904 bits per heavy atom. The zero-order valence-electron chi connectivity index (χ0n) is 28.1. The Labute approximate surface area is 299 Å². The van der Waals surface area contributed by atoms with Crippen molar-refractivity contribution < 1.29 is 0 Å². The molecule has 0 spiro atoms. The molecule has 0 saturated heterocycles. The van der Waals surface area contributed by atoms with Gasteiger partial charge in [0.15, 0.2) is 5.82 Å². The SMILES string of the molecule is c1ccc(-c2nc(-c3ccccc3)c3cc(-n4c5ccccc5c5cc6c7cc8ccccc8cc7n(-c7ccccc7)c6cc54)ccc3n2)cc1. The van der Waals surface area contributed by atoms with Gasteiger partial charge in [-0.2, -0.15) is 0 Å². The molecular weight excluding hydrogens is 633 g/mol. The maximum absolute atomic E-state index is 5.20. The van der Waals surface area contributed by atoms with Crippen LogP contribution in [0.5, 0.6) is 0 Å². The summed E-state index contributed by atoms with van der Waals surface area (Å²) in [6.07, 6.45) is 0. The number of nitrogens with zero attached hydrogens (tertiary/aromatic N) is 4. The van der Waals surface area contributed by atoms with Crippen LogP contribution in [0, 0.1) is 0 Å². The molecule has 0 aliphatic heterocycles. The van der Waals surface area contributed by atoms with E-state index in [0.717, 1.165) is 56.0 Å². The third-order valence-electron chi connectivity index (χ3n) is 10.5. The smallest absolute Gasteiger partial charge is 0.160 e. The van der Waals surface area contributed by atoms with E-state index >= 15 is 0 Å². The summed E-state index contributed by atoms with van der Waals surface area (Å²) in [4.78, 5) is 10.3. The Hall–Kier alpha value is -7.04. The fraction of sp³-hybridized carbons (Fsp3) is 0. The molecule has 0 saturated carbocycles. The average molecular weight is 663 g/mol. The average Bonchev–Trinajstić information content (AvgIpc) is 3.70. The summed E-state index contributed by atoms with van der Waals surface area (Å²) >= 11 is 0. The van der Waals surface area contributed by atoms with E-state index in [-0.39, 0.29) is 0 Å². The minimum absolute atomic E-state index is 0.723. The first kappa shape index (κ1) is 28.8. The summed E-state index contributed by atoms with van der Waals surface area (Å²) in [5, 5.41) is 8.43. The highest BCUT2D eigenvalue weighted by Crippen LogP contribution is 2.41. The minimum atomic E-state index is 0.723. The van der Waals surface area contributed by atoms with Crippen molar-refractivity contribution >= 4 is 65.3 Å². The van der Waals surface area contributed by atoms with Crippen molar-refractivity contribution in [1.29, 1.82) is 0 Å². The van der Waals surface area contributed by atoms with Crippen molar-refractivity contribution in [1.82, 2.24) is 19.1 Å². The van der Waals surface area contributed by atoms with E-state index in [1.54, 1.807) is 0 Å². The van der Waals surface area contributed by atoms with Crippen LogP contribution in [0.4, 0.5) is 0 Å². The molecule has 0 amide bonds. The molecule has 3 heterocycles. The highest BCUT2D eigenvalue weighted by atomic mass is 15.0. The van der Waals surface area contributed by atoms with Crippen molar-refractivity contribution in [3.8, 4) is 34.0 Å². The summed E-state index contributed by atoms with van der Waals surface area (Å²) in [5.41, 5.74) is 10.8. The Morgan fingerprint density at radius 1 is 0.327 bits per heavy atom. The fourth-order valence-electron chi connectivity index (χ4n) is 8.08. The minimum Gasteiger partial charge on any atom is -0.309 e. The van der Waals surface area contributed by atoms with Crippen LogP contribution in [0.25, 0.3) is 99.3 Å². The highest BCUT2D eigenvalue weighted by molar-refractivity contribution is 6.21. The molecule has 52 heavy (non-hydrogen) atoms. The molecule has 8 aromatic carbocycles. The second-order valence-electron chi connectivity index (χ2n) is 13.5. The molecule has 0 radical (unpaired) electrons. The lowest BCUT2D eigenvalue weighted by Crippen LogP contribution is -1.99. The predicted octanol–water partition coefficient (Wildman–Crippen LogP) is 12.3. The van der Waals surface area contributed by atoms with Gasteiger partial charge in [-0.25, -0.2) is 9.97 Å². The van der Waals surface area contributed by atoms with E-state index in [1.807, 2.05) is 24.3 Å². The topological polar surface area (TPSA) is 35.6 Å². The summed E-state index contributed by atoms with van der Waals surface area (Å²) in [5.74, 6) is 0.723. The Kier molecular flexibility index (Phi) is 6.22. The van der Waals surface area contributed by atoms with Crippen molar-refractivity contribution in [2.45, 2.75) is 0 Å². The first-order valence-corrected chi connectivity index (χ1v) is 17.7. The molecule has 4 heteroatoms. The van der Waals surface area contributed by atoms with Crippen molar-refractivity contribution in [3.05, 3.63) is 182 Å². The molecule has 0 unspecified atom stereocenters. The van der Waals surface area contributed by atoms with Gasteiger partial charge in [0.05, 0.1) is 33.3 Å². The number of aromatic nitrogens is 4. The van der Waals surface area contributed by atoms with Crippen molar-refractivity contribution in [2.24, 2.45) is 0 Å². The van der Waals surface area contributed by atoms with Gasteiger partial charge in [-0.15, -0.1) is 0 Å². The van der Waals surface area contributed by atoms with Gasteiger partial charge in [0.2, 0.25) is 0 Å². The van der Waals surface area contributed by atoms with Gasteiger partial charge < -0.3 is 9.13 Å². The molecule has 11 rings (SSSR count). The van der Waals surface area contributed by atoms with Crippen LogP contribution in [0.3, 0.4) is 0 Å². The zero-order valence-corrected chi connectivity index (χ0v) is 28.1. The van der Waals surface area contributed by atoms with E-state index in [0.29, 0.717) is 0 Å². The Morgan fingerprint density at radius 3 is 1.67 bits per heavy atom. The number of hydrogen-bond acceptors (Lipinski definition) is 2. The van der Waals surface area contributed by atoms with Crippen molar-refractivity contribution in [2.75, 3.05) is 0 Å². The molecule has 3 aromatic heterocycles. The molecule has 0 aliphatic carbocycles. The molecule has 11 aromatic rings. The highest BCUT2D eigenvalue weighted by Gasteiger charge is 2.20. The fourth-order valence-corrected chi connectivity index (χ4v) is 8.08. The second kappa shape index (κ2) is 11.2. The Balaban J connectivity index is 1.23. The normalized spacial score (nSPS) is 11.8. The van der Waals surface area contributed by atoms with Gasteiger partial charge in [0, 0.05) is 49.4 Å². The predicted molar refractivity (Wildman–Crippen MR) is 217 cm³/mol. The second-order valence-corrected chi connectivity index (χ2v) is 13.5. The molecule has 4 nitrogen and oxygen atoms in total. The molecular formula is C48H30N4. The summed E-state index contributed by atoms with van der Waals surface area (Å²) in [6, 6.07) is 64.9. The van der Waals surface area contributed by atoms with E-state index in [9.17, 15) is 0 Å².